The average molecular weight is 526 g/mol. The van der Waals surface area contributed by atoms with Gasteiger partial charge in [-0.15, -0.1) is 0 Å². The molecule has 6 aliphatic rings. The minimum Gasteiger partial charge on any atom is -0.481 e. The van der Waals surface area contributed by atoms with Crippen molar-refractivity contribution in [2.75, 3.05) is 18.6 Å². The number of aryl methyl sites for hydroxylation is 1. The molecule has 5 nitrogen and oxygen atoms in total. The van der Waals surface area contributed by atoms with Crippen molar-refractivity contribution >= 4 is 11.6 Å². The van der Waals surface area contributed by atoms with Gasteiger partial charge in [0, 0.05) is 36.4 Å². The first-order valence-electron chi connectivity index (χ1n) is 14.3. The molecule has 6 saturated carbocycles. The Bertz CT molecular complexity index is 1410. The molecule has 0 N–H and O–H groups in total. The summed E-state index contributed by atoms with van der Waals surface area (Å²) in [5.41, 5.74) is 4.15. The zero-order valence-electron chi connectivity index (χ0n) is 22.9. The van der Waals surface area contributed by atoms with E-state index in [1.807, 2.05) is 35.4 Å². The van der Waals surface area contributed by atoms with E-state index in [1.54, 1.807) is 13.3 Å². The normalized spacial score (nSPS) is 32.2. The Morgan fingerprint density at radius 1 is 0.923 bits per heavy atom. The maximum Gasteiger partial charge on any atom is 0.233 e. The second kappa shape index (κ2) is 8.61. The lowest BCUT2D eigenvalue weighted by molar-refractivity contribution is -0.211. The molecule has 0 saturated heterocycles. The molecule has 9 rings (SSSR count). The van der Waals surface area contributed by atoms with Gasteiger partial charge in [-0.2, -0.15) is 0 Å². The molecule has 0 unspecified atom stereocenters. The minimum absolute atomic E-state index is 0.103. The summed E-state index contributed by atoms with van der Waals surface area (Å²) in [4.78, 5) is 24.9. The SMILES string of the molecule is COc1cc(-c2cccc(N(CC34CCC(c5ccnc(C)c5)(CC3)CC4)C(=O)C34CC(F)(C3)C4)c2)ccn1. The first-order chi connectivity index (χ1) is 18.8. The maximum atomic E-state index is 14.5. The largest absolute Gasteiger partial charge is 0.481 e. The van der Waals surface area contributed by atoms with Gasteiger partial charge in [-0.3, -0.25) is 9.78 Å². The van der Waals surface area contributed by atoms with Crippen LogP contribution in [0.25, 0.3) is 11.1 Å². The fourth-order valence-corrected chi connectivity index (χ4v) is 8.16. The minimum atomic E-state index is -1.10. The van der Waals surface area contributed by atoms with Gasteiger partial charge >= 0.3 is 0 Å². The van der Waals surface area contributed by atoms with Crippen LogP contribution in [0.1, 0.15) is 69.0 Å². The highest BCUT2D eigenvalue weighted by molar-refractivity contribution is 6.00. The highest BCUT2D eigenvalue weighted by atomic mass is 19.1. The number of ether oxygens (including phenoxy) is 1. The van der Waals surface area contributed by atoms with Crippen LogP contribution in [0.2, 0.25) is 0 Å². The molecule has 2 aromatic heterocycles. The number of halogens is 1. The van der Waals surface area contributed by atoms with Gasteiger partial charge in [-0.1, -0.05) is 12.1 Å². The van der Waals surface area contributed by atoms with Crippen LogP contribution in [-0.4, -0.2) is 35.2 Å². The summed E-state index contributed by atoms with van der Waals surface area (Å²) in [5.74, 6) is 0.678. The van der Waals surface area contributed by atoms with Crippen molar-refractivity contribution in [3.05, 3.63) is 72.2 Å². The number of alkyl halides is 1. The molecule has 6 heteroatoms. The summed E-state index contributed by atoms with van der Waals surface area (Å²) in [7, 11) is 1.61. The predicted octanol–water partition coefficient (Wildman–Crippen LogP) is 6.98. The number of methoxy groups -OCH3 is 1. The molecule has 0 aliphatic heterocycles. The van der Waals surface area contributed by atoms with Crippen LogP contribution in [0.15, 0.2) is 60.9 Å². The van der Waals surface area contributed by atoms with Gasteiger partial charge < -0.3 is 9.64 Å². The van der Waals surface area contributed by atoms with Gasteiger partial charge in [0.1, 0.15) is 5.67 Å². The Morgan fingerprint density at radius 2 is 1.62 bits per heavy atom. The number of amides is 1. The summed E-state index contributed by atoms with van der Waals surface area (Å²) >= 11 is 0. The maximum absolute atomic E-state index is 14.5. The number of fused-ring (bicyclic) bond motifs is 3. The summed E-state index contributed by atoms with van der Waals surface area (Å²) in [5, 5.41) is 0. The van der Waals surface area contributed by atoms with Crippen molar-refractivity contribution in [1.29, 1.82) is 0 Å². The number of rotatable bonds is 7. The van der Waals surface area contributed by atoms with Crippen molar-refractivity contribution in [3.63, 3.8) is 0 Å². The van der Waals surface area contributed by atoms with Crippen LogP contribution < -0.4 is 9.64 Å². The summed E-state index contributed by atoms with van der Waals surface area (Å²) in [6.07, 6.45) is 11.6. The van der Waals surface area contributed by atoms with E-state index in [4.69, 9.17) is 4.74 Å². The Morgan fingerprint density at radius 3 is 2.28 bits per heavy atom. The number of hydrogen-bond acceptors (Lipinski definition) is 4. The van der Waals surface area contributed by atoms with E-state index >= 15 is 0 Å². The van der Waals surface area contributed by atoms with Crippen molar-refractivity contribution in [2.45, 2.75) is 75.8 Å². The van der Waals surface area contributed by atoms with Crippen molar-refractivity contribution in [2.24, 2.45) is 10.8 Å². The summed E-state index contributed by atoms with van der Waals surface area (Å²) < 4.78 is 19.9. The van der Waals surface area contributed by atoms with E-state index in [9.17, 15) is 9.18 Å². The molecule has 1 aromatic carbocycles. The van der Waals surface area contributed by atoms with E-state index in [2.05, 4.69) is 41.2 Å². The highest BCUT2D eigenvalue weighted by Crippen LogP contribution is 2.70. The first-order valence-corrected chi connectivity index (χ1v) is 14.3. The number of benzene rings is 1. The van der Waals surface area contributed by atoms with Gasteiger partial charge in [0.25, 0.3) is 0 Å². The van der Waals surface area contributed by atoms with Crippen LogP contribution in [-0.2, 0) is 10.2 Å². The van der Waals surface area contributed by atoms with E-state index in [0.29, 0.717) is 31.7 Å². The lowest BCUT2D eigenvalue weighted by atomic mass is 9.41. The Hall–Kier alpha value is -3.28. The van der Waals surface area contributed by atoms with Crippen molar-refractivity contribution in [3.8, 4) is 17.0 Å². The molecule has 3 aromatic rings. The molecule has 1 amide bonds. The molecule has 4 bridgehead atoms. The Kier molecular flexibility index (Phi) is 5.46. The monoisotopic (exact) mass is 525 g/mol. The standard InChI is InChI=1S/C33H36FN3O2/c1-23-16-26(7-15-35-23)31-11-8-30(9-12-31,10-13-31)22-37(29(38)32-19-33(34,20-32)21-32)27-5-3-4-24(17-27)25-6-14-36-28(18-25)39-2/h3-7,14-18H,8-13,19-22H2,1-2H3. The second-order valence-electron chi connectivity index (χ2n) is 13.0. The molecule has 202 valence electrons. The molecular formula is C33H36FN3O2. The molecule has 0 radical (unpaired) electrons. The van der Waals surface area contributed by atoms with E-state index in [-0.39, 0.29) is 16.7 Å². The fraction of sp³-hybridized carbons (Fsp3) is 0.485. The van der Waals surface area contributed by atoms with Crippen LogP contribution in [0, 0.1) is 17.8 Å². The average Bonchev–Trinajstić information content (AvgIpc) is 2.94. The number of carbonyl (C=O) groups is 1. The van der Waals surface area contributed by atoms with Gasteiger partial charge in [0.15, 0.2) is 0 Å². The molecular weight excluding hydrogens is 489 g/mol. The van der Waals surface area contributed by atoms with Crippen LogP contribution >= 0.6 is 0 Å². The third-order valence-corrected chi connectivity index (χ3v) is 10.5. The number of anilines is 1. The van der Waals surface area contributed by atoms with Crippen LogP contribution in [0.3, 0.4) is 0 Å². The predicted molar refractivity (Wildman–Crippen MR) is 149 cm³/mol. The zero-order chi connectivity index (χ0) is 26.9. The summed E-state index contributed by atoms with van der Waals surface area (Å²) in [6, 6.07) is 16.6. The van der Waals surface area contributed by atoms with Crippen LogP contribution in [0.4, 0.5) is 10.1 Å². The van der Waals surface area contributed by atoms with E-state index in [0.717, 1.165) is 61.0 Å². The van der Waals surface area contributed by atoms with Gasteiger partial charge in [-0.05, 0) is 123 Å². The Balaban J connectivity index is 1.19. The van der Waals surface area contributed by atoms with Gasteiger partial charge in [0.2, 0.25) is 11.8 Å². The third kappa shape index (κ3) is 3.97. The quantitative estimate of drug-likeness (QED) is 0.334. The molecule has 6 fully saturated rings. The number of nitrogens with zero attached hydrogens (tertiary/aromatic N) is 3. The van der Waals surface area contributed by atoms with Gasteiger partial charge in [-0.25, -0.2) is 9.37 Å². The lowest BCUT2D eigenvalue weighted by Crippen LogP contribution is -2.71. The molecule has 6 aliphatic carbocycles. The first kappa shape index (κ1) is 24.7. The Labute approximate surface area is 229 Å². The zero-order valence-corrected chi connectivity index (χ0v) is 22.9. The highest BCUT2D eigenvalue weighted by Gasteiger charge is 2.73. The fourth-order valence-electron chi connectivity index (χ4n) is 8.16. The van der Waals surface area contributed by atoms with Gasteiger partial charge in [0.05, 0.1) is 12.5 Å². The molecule has 0 atom stereocenters. The van der Waals surface area contributed by atoms with E-state index < -0.39 is 11.1 Å². The molecule has 2 heterocycles. The number of carbonyl (C=O) groups excluding carboxylic acids is 1. The van der Waals surface area contributed by atoms with Crippen molar-refractivity contribution < 1.29 is 13.9 Å². The van der Waals surface area contributed by atoms with E-state index in [1.165, 1.54) is 5.56 Å². The van der Waals surface area contributed by atoms with Crippen molar-refractivity contribution in [1.82, 2.24) is 9.97 Å². The molecule has 39 heavy (non-hydrogen) atoms. The third-order valence-electron chi connectivity index (χ3n) is 10.5. The number of hydrogen-bond donors (Lipinski definition) is 0. The lowest BCUT2D eigenvalue weighted by Gasteiger charge is -2.65. The molecule has 0 spiro atoms. The number of pyridine rings is 2. The topological polar surface area (TPSA) is 55.3 Å². The number of aromatic nitrogens is 2. The smallest absolute Gasteiger partial charge is 0.233 e. The van der Waals surface area contributed by atoms with Crippen LogP contribution in [0.5, 0.6) is 5.88 Å². The summed E-state index contributed by atoms with van der Waals surface area (Å²) in [6.45, 7) is 2.78. The second-order valence-corrected chi connectivity index (χ2v) is 13.0.